The standard InChI is InChI=1S/C22H19ClN2O2/c23-17-8-6-16(7-9-17)22(12-13-22)14-24-20(26)18-10-11-19(25-21(18)27)15-4-2-1-3-5-15/h1-11H,12-14H2,(H,24,26)(H,25,27). The number of pyridine rings is 1. The highest BCUT2D eigenvalue weighted by Crippen LogP contribution is 2.47. The number of aromatic amines is 1. The van der Waals surface area contributed by atoms with E-state index in [0.29, 0.717) is 17.3 Å². The van der Waals surface area contributed by atoms with Crippen molar-refractivity contribution in [3.05, 3.63) is 93.2 Å². The molecule has 27 heavy (non-hydrogen) atoms. The quantitative estimate of drug-likeness (QED) is 0.700. The van der Waals surface area contributed by atoms with Gasteiger partial charge in [-0.1, -0.05) is 54.1 Å². The van der Waals surface area contributed by atoms with Crippen LogP contribution in [0.3, 0.4) is 0 Å². The SMILES string of the molecule is O=C(NCC1(c2ccc(Cl)cc2)CC1)c1ccc(-c2ccccc2)[nH]c1=O. The van der Waals surface area contributed by atoms with Gasteiger partial charge >= 0.3 is 0 Å². The van der Waals surface area contributed by atoms with Crippen LogP contribution in [0.1, 0.15) is 28.8 Å². The Morgan fingerprint density at radius 1 is 1.00 bits per heavy atom. The van der Waals surface area contributed by atoms with E-state index in [1.165, 1.54) is 5.56 Å². The predicted octanol–water partition coefficient (Wildman–Crippen LogP) is 4.16. The molecule has 0 bridgehead atoms. The highest BCUT2D eigenvalue weighted by molar-refractivity contribution is 6.30. The van der Waals surface area contributed by atoms with E-state index >= 15 is 0 Å². The van der Waals surface area contributed by atoms with Crippen LogP contribution in [0.2, 0.25) is 5.02 Å². The van der Waals surface area contributed by atoms with Crippen LogP contribution in [0, 0.1) is 0 Å². The zero-order valence-electron chi connectivity index (χ0n) is 14.7. The van der Waals surface area contributed by atoms with Gasteiger partial charge in [-0.05, 0) is 48.2 Å². The van der Waals surface area contributed by atoms with Gasteiger partial charge in [-0.2, -0.15) is 0 Å². The number of carbonyl (C=O) groups is 1. The Balaban J connectivity index is 1.47. The lowest BCUT2D eigenvalue weighted by molar-refractivity contribution is 0.0948. The Hall–Kier alpha value is -2.85. The first-order valence-corrected chi connectivity index (χ1v) is 9.28. The molecule has 4 nitrogen and oxygen atoms in total. The molecule has 2 N–H and O–H groups in total. The summed E-state index contributed by atoms with van der Waals surface area (Å²) in [6.07, 6.45) is 2.02. The Kier molecular flexibility index (Phi) is 4.58. The molecule has 1 amide bonds. The molecule has 3 aromatic rings. The Morgan fingerprint density at radius 3 is 2.33 bits per heavy atom. The second kappa shape index (κ2) is 7.05. The number of hydrogen-bond acceptors (Lipinski definition) is 2. The minimum Gasteiger partial charge on any atom is -0.351 e. The van der Waals surface area contributed by atoms with E-state index in [1.54, 1.807) is 12.1 Å². The smallest absolute Gasteiger partial charge is 0.261 e. The molecule has 0 unspecified atom stereocenters. The average Bonchev–Trinajstić information content (AvgIpc) is 3.48. The zero-order chi connectivity index (χ0) is 18.9. The first-order valence-electron chi connectivity index (χ1n) is 8.90. The van der Waals surface area contributed by atoms with Gasteiger partial charge in [0.05, 0.1) is 0 Å². The molecular formula is C22H19ClN2O2. The van der Waals surface area contributed by atoms with Crippen LogP contribution in [0.4, 0.5) is 0 Å². The Labute approximate surface area is 162 Å². The van der Waals surface area contributed by atoms with Crippen molar-refractivity contribution in [3.63, 3.8) is 0 Å². The van der Waals surface area contributed by atoms with Crippen molar-refractivity contribution in [3.8, 4) is 11.3 Å². The molecule has 1 aliphatic rings. The number of aromatic nitrogens is 1. The lowest BCUT2D eigenvalue weighted by Crippen LogP contribution is -2.35. The normalized spacial score (nSPS) is 14.6. The van der Waals surface area contributed by atoms with Gasteiger partial charge in [-0.15, -0.1) is 0 Å². The van der Waals surface area contributed by atoms with Gasteiger partial charge in [0.25, 0.3) is 11.5 Å². The van der Waals surface area contributed by atoms with Gasteiger partial charge in [-0.3, -0.25) is 9.59 Å². The van der Waals surface area contributed by atoms with Crippen molar-refractivity contribution in [1.82, 2.24) is 10.3 Å². The summed E-state index contributed by atoms with van der Waals surface area (Å²) in [6.45, 7) is 0.507. The molecule has 1 aromatic heterocycles. The van der Waals surface area contributed by atoms with E-state index in [1.807, 2.05) is 54.6 Å². The topological polar surface area (TPSA) is 62.0 Å². The summed E-state index contributed by atoms with van der Waals surface area (Å²) in [5.74, 6) is -0.351. The number of hydrogen-bond donors (Lipinski definition) is 2. The van der Waals surface area contributed by atoms with Gasteiger partial charge in [0.1, 0.15) is 5.56 Å². The van der Waals surface area contributed by atoms with Crippen molar-refractivity contribution in [2.75, 3.05) is 6.54 Å². The Morgan fingerprint density at radius 2 is 1.70 bits per heavy atom. The fourth-order valence-corrected chi connectivity index (χ4v) is 3.43. The third-order valence-electron chi connectivity index (χ3n) is 5.14. The van der Waals surface area contributed by atoms with Gasteiger partial charge in [0, 0.05) is 22.7 Å². The first kappa shape index (κ1) is 17.6. The second-order valence-corrected chi connectivity index (χ2v) is 7.39. The number of nitrogens with one attached hydrogen (secondary N) is 2. The van der Waals surface area contributed by atoms with Crippen molar-refractivity contribution in [1.29, 1.82) is 0 Å². The average molecular weight is 379 g/mol. The van der Waals surface area contributed by atoms with Gasteiger partial charge in [-0.25, -0.2) is 0 Å². The highest BCUT2D eigenvalue weighted by Gasteiger charge is 2.44. The third-order valence-corrected chi connectivity index (χ3v) is 5.39. The summed E-state index contributed by atoms with van der Waals surface area (Å²) in [7, 11) is 0. The molecule has 5 heteroatoms. The van der Waals surface area contributed by atoms with Crippen molar-refractivity contribution in [2.45, 2.75) is 18.3 Å². The molecule has 1 saturated carbocycles. The molecule has 0 atom stereocenters. The molecule has 1 fully saturated rings. The van der Waals surface area contributed by atoms with Crippen LogP contribution in [0.15, 0.2) is 71.5 Å². The minimum atomic E-state index is -0.384. The molecule has 136 valence electrons. The van der Waals surface area contributed by atoms with Gasteiger partial charge in [0.2, 0.25) is 0 Å². The van der Waals surface area contributed by atoms with Crippen molar-refractivity contribution >= 4 is 17.5 Å². The molecule has 0 spiro atoms. The maximum Gasteiger partial charge on any atom is 0.261 e. The predicted molar refractivity (Wildman–Crippen MR) is 107 cm³/mol. The van der Waals surface area contributed by atoms with Crippen LogP contribution in [0.25, 0.3) is 11.3 Å². The van der Waals surface area contributed by atoms with E-state index in [2.05, 4.69) is 10.3 Å². The maximum atomic E-state index is 12.5. The number of H-pyrrole nitrogens is 1. The van der Waals surface area contributed by atoms with E-state index in [4.69, 9.17) is 11.6 Å². The van der Waals surface area contributed by atoms with Gasteiger partial charge in [0.15, 0.2) is 0 Å². The lowest BCUT2D eigenvalue weighted by atomic mass is 9.96. The van der Waals surface area contributed by atoms with E-state index in [0.717, 1.165) is 18.4 Å². The summed E-state index contributed by atoms with van der Waals surface area (Å²) >= 11 is 5.96. The zero-order valence-corrected chi connectivity index (χ0v) is 15.4. The van der Waals surface area contributed by atoms with Crippen LogP contribution >= 0.6 is 11.6 Å². The summed E-state index contributed by atoms with van der Waals surface area (Å²) in [5.41, 5.74) is 2.46. The number of carbonyl (C=O) groups excluding carboxylic acids is 1. The Bertz CT molecular complexity index is 1020. The fraction of sp³-hybridized carbons (Fsp3) is 0.182. The second-order valence-electron chi connectivity index (χ2n) is 6.95. The van der Waals surface area contributed by atoms with Crippen LogP contribution in [-0.4, -0.2) is 17.4 Å². The molecule has 2 aromatic carbocycles. The fourth-order valence-electron chi connectivity index (χ4n) is 3.31. The molecule has 1 aliphatic carbocycles. The van der Waals surface area contributed by atoms with Crippen LogP contribution in [0.5, 0.6) is 0 Å². The molecule has 0 radical (unpaired) electrons. The molecule has 0 saturated heterocycles. The summed E-state index contributed by atoms with van der Waals surface area (Å²) < 4.78 is 0. The first-order chi connectivity index (χ1) is 13.1. The van der Waals surface area contributed by atoms with E-state index in [-0.39, 0.29) is 22.4 Å². The molecule has 4 rings (SSSR count). The summed E-state index contributed by atoms with van der Waals surface area (Å²) in [5, 5.41) is 3.62. The monoisotopic (exact) mass is 378 g/mol. The summed E-state index contributed by atoms with van der Waals surface area (Å²) in [4.78, 5) is 27.7. The molecular weight excluding hydrogens is 360 g/mol. The third kappa shape index (κ3) is 3.67. The largest absolute Gasteiger partial charge is 0.351 e. The highest BCUT2D eigenvalue weighted by atomic mass is 35.5. The van der Waals surface area contributed by atoms with Crippen molar-refractivity contribution in [2.24, 2.45) is 0 Å². The van der Waals surface area contributed by atoms with E-state index in [9.17, 15) is 9.59 Å². The molecule has 1 heterocycles. The number of rotatable bonds is 5. The lowest BCUT2D eigenvalue weighted by Gasteiger charge is -2.16. The number of halogens is 1. The van der Waals surface area contributed by atoms with Crippen molar-refractivity contribution < 1.29 is 4.79 Å². The van der Waals surface area contributed by atoms with Crippen LogP contribution in [-0.2, 0) is 5.41 Å². The number of amides is 1. The minimum absolute atomic E-state index is 0.0447. The number of benzene rings is 2. The van der Waals surface area contributed by atoms with E-state index < -0.39 is 0 Å². The van der Waals surface area contributed by atoms with Crippen LogP contribution < -0.4 is 10.9 Å². The molecule has 0 aliphatic heterocycles. The maximum absolute atomic E-state index is 12.5. The van der Waals surface area contributed by atoms with Gasteiger partial charge < -0.3 is 10.3 Å². The summed E-state index contributed by atoms with van der Waals surface area (Å²) in [6, 6.07) is 20.6.